The fourth-order valence-corrected chi connectivity index (χ4v) is 6.77. The largest absolute Gasteiger partial charge is 1.00 e. The van der Waals surface area contributed by atoms with E-state index in [9.17, 15) is 30.0 Å². The number of carbonyl (C=O) groups excluding carboxylic acids is 2. The number of hydrogen-bond acceptors (Lipinski definition) is 8. The van der Waals surface area contributed by atoms with Gasteiger partial charge in [0.05, 0.1) is 12.1 Å². The van der Waals surface area contributed by atoms with E-state index in [-0.39, 0.29) is 41.1 Å². The first-order valence-corrected chi connectivity index (χ1v) is 11.7. The molecule has 1 aliphatic heterocycles. The van der Waals surface area contributed by atoms with E-state index in [1.807, 2.05) is 0 Å². The molecule has 5 aliphatic rings. The molecule has 8 nitrogen and oxygen atoms in total. The van der Waals surface area contributed by atoms with Crippen molar-refractivity contribution in [1.29, 1.82) is 0 Å². The molecule has 1 saturated heterocycles. The Balaban J connectivity index is 0.00000259. The average Bonchev–Trinajstić information content (AvgIpc) is 3.08. The van der Waals surface area contributed by atoms with E-state index in [0.29, 0.717) is 36.9 Å². The molecule has 0 bridgehead atoms. The third-order valence-electron chi connectivity index (χ3n) is 8.62. The maximum Gasteiger partial charge on any atom is 1.00 e. The fraction of sp³-hybridized carbons (Fsp3) is 0.750. The fourth-order valence-electron chi connectivity index (χ4n) is 6.77. The topological polar surface area (TPSA) is 136 Å². The SMILES string of the molecule is C[C@]12CC[C@H]3C(=CCC4=C3CC[C@H](OC3O[C@H](C(=O)[O-])[C@@H](O)[C@H](O)[C@H]3O)C4)[C@@H]1CCC2=O.[Na+]. The summed E-state index contributed by atoms with van der Waals surface area (Å²) in [5.74, 6) is -0.492. The van der Waals surface area contributed by atoms with Crippen LogP contribution in [0.25, 0.3) is 0 Å². The van der Waals surface area contributed by atoms with Gasteiger partial charge >= 0.3 is 29.6 Å². The Morgan fingerprint density at radius 2 is 1.91 bits per heavy atom. The molecule has 0 aromatic rings. The number of allylic oxidation sites excluding steroid dienone is 3. The molecule has 1 unspecified atom stereocenters. The van der Waals surface area contributed by atoms with Crippen LogP contribution in [-0.4, -0.2) is 63.9 Å². The summed E-state index contributed by atoms with van der Waals surface area (Å²) in [5, 5.41) is 41.3. The van der Waals surface area contributed by atoms with E-state index in [0.717, 1.165) is 32.1 Å². The molecule has 5 rings (SSSR count). The Labute approximate surface area is 215 Å². The molecule has 0 radical (unpaired) electrons. The van der Waals surface area contributed by atoms with E-state index >= 15 is 0 Å². The normalized spacial score (nSPS) is 44.8. The van der Waals surface area contributed by atoms with Gasteiger partial charge in [-0.15, -0.1) is 0 Å². The van der Waals surface area contributed by atoms with Gasteiger partial charge in [-0.05, 0) is 50.9 Å². The number of carbonyl (C=O) groups is 2. The molecule has 3 N–H and O–H groups in total. The first kappa shape index (κ1) is 25.5. The van der Waals surface area contributed by atoms with Crippen molar-refractivity contribution in [1.82, 2.24) is 0 Å². The molecule has 0 amide bonds. The summed E-state index contributed by atoms with van der Waals surface area (Å²) in [6.07, 6.45) is 0.474. The summed E-state index contributed by atoms with van der Waals surface area (Å²) < 4.78 is 11.1. The van der Waals surface area contributed by atoms with Gasteiger partial charge in [-0.2, -0.15) is 0 Å². The molecule has 176 valence electrons. The standard InChI is InChI=1S/C24H32O8.Na/c1-24-9-8-14-13-5-3-12(10-11(13)2-4-15(14)16(24)6-7-17(24)25)31-23-20(28)18(26)19(27)21(32-23)22(29)30;/h4,12,14,16,18-21,23,26-28H,2-3,5-10H2,1H3,(H,29,30);/q;+1/p-1/t12-,14+,16-,18-,19-,20+,21-,23?,24-;/m0./s1. The number of rotatable bonds is 3. The second-order valence-corrected chi connectivity index (χ2v) is 10.3. The van der Waals surface area contributed by atoms with Gasteiger partial charge in [-0.25, -0.2) is 0 Å². The van der Waals surface area contributed by atoms with Crippen LogP contribution in [0.4, 0.5) is 0 Å². The van der Waals surface area contributed by atoms with Crippen molar-refractivity contribution in [3.8, 4) is 0 Å². The van der Waals surface area contributed by atoms with E-state index in [2.05, 4.69) is 13.0 Å². The average molecular weight is 470 g/mol. The second kappa shape index (κ2) is 9.47. The van der Waals surface area contributed by atoms with Gasteiger partial charge < -0.3 is 34.7 Å². The van der Waals surface area contributed by atoms with Crippen LogP contribution in [-0.2, 0) is 19.1 Å². The Morgan fingerprint density at radius 1 is 1.15 bits per heavy atom. The number of Topliss-reactive ketones (excluding diaryl/α,β-unsaturated/α-hetero) is 1. The zero-order chi connectivity index (χ0) is 22.8. The number of aliphatic carboxylic acids is 1. The molecule has 4 aliphatic carbocycles. The Bertz CT molecular complexity index is 884. The van der Waals surface area contributed by atoms with Gasteiger partial charge in [0, 0.05) is 17.8 Å². The first-order chi connectivity index (χ1) is 15.2. The molecule has 0 aromatic carbocycles. The summed E-state index contributed by atoms with van der Waals surface area (Å²) in [4.78, 5) is 23.7. The number of carboxylic acid groups (broad SMARTS) is 1. The van der Waals surface area contributed by atoms with E-state index < -0.39 is 36.7 Å². The Kier molecular flexibility index (Phi) is 7.32. The maximum atomic E-state index is 12.5. The summed E-state index contributed by atoms with van der Waals surface area (Å²) >= 11 is 0. The predicted octanol–water partition coefficient (Wildman–Crippen LogP) is -2.86. The third kappa shape index (κ3) is 4.20. The van der Waals surface area contributed by atoms with Crippen LogP contribution in [0.15, 0.2) is 22.8 Å². The molecule has 2 saturated carbocycles. The molecule has 3 fully saturated rings. The van der Waals surface area contributed by atoms with Crippen molar-refractivity contribution in [2.24, 2.45) is 17.3 Å². The first-order valence-electron chi connectivity index (χ1n) is 11.7. The second-order valence-electron chi connectivity index (χ2n) is 10.3. The van der Waals surface area contributed by atoms with Crippen LogP contribution in [0.3, 0.4) is 0 Å². The van der Waals surface area contributed by atoms with Gasteiger partial charge in [0.15, 0.2) is 6.29 Å². The van der Waals surface area contributed by atoms with Crippen molar-refractivity contribution in [2.45, 2.75) is 95.1 Å². The van der Waals surface area contributed by atoms with Crippen molar-refractivity contribution in [2.75, 3.05) is 0 Å². The van der Waals surface area contributed by atoms with E-state index in [4.69, 9.17) is 9.47 Å². The van der Waals surface area contributed by atoms with Gasteiger partial charge in [0.2, 0.25) is 0 Å². The molecule has 9 atom stereocenters. The Morgan fingerprint density at radius 3 is 2.64 bits per heavy atom. The summed E-state index contributed by atoms with van der Waals surface area (Å²) in [6, 6.07) is 0. The molecule has 33 heavy (non-hydrogen) atoms. The molecule has 9 heteroatoms. The summed E-state index contributed by atoms with van der Waals surface area (Å²) in [7, 11) is 0. The zero-order valence-corrected chi connectivity index (χ0v) is 21.2. The van der Waals surface area contributed by atoms with Gasteiger partial charge in [0.25, 0.3) is 0 Å². The van der Waals surface area contributed by atoms with E-state index in [1.165, 1.54) is 16.7 Å². The number of aliphatic hydroxyl groups excluding tert-OH is 3. The minimum absolute atomic E-state index is 0. The number of hydrogen-bond donors (Lipinski definition) is 3. The van der Waals surface area contributed by atoms with Crippen molar-refractivity contribution in [3.05, 3.63) is 22.8 Å². The third-order valence-corrected chi connectivity index (χ3v) is 8.62. The number of ether oxygens (including phenoxy) is 2. The predicted molar refractivity (Wildman–Crippen MR) is 109 cm³/mol. The van der Waals surface area contributed by atoms with Gasteiger partial charge in [-0.1, -0.05) is 29.7 Å². The van der Waals surface area contributed by atoms with Gasteiger partial charge in [-0.3, -0.25) is 4.79 Å². The molecular formula is C24H31NaO8. The number of carboxylic acids is 1. The van der Waals surface area contributed by atoms with Gasteiger partial charge in [0.1, 0.15) is 30.2 Å². The van der Waals surface area contributed by atoms with Crippen LogP contribution >= 0.6 is 0 Å². The van der Waals surface area contributed by atoms with Crippen molar-refractivity contribution in [3.63, 3.8) is 0 Å². The molecule has 1 heterocycles. The number of aliphatic hydroxyl groups is 3. The Hall–Kier alpha value is -0.580. The molecular weight excluding hydrogens is 439 g/mol. The summed E-state index contributed by atoms with van der Waals surface area (Å²) in [6.45, 7) is 2.14. The number of ketones is 1. The summed E-state index contributed by atoms with van der Waals surface area (Å²) in [5.41, 5.74) is 4.01. The van der Waals surface area contributed by atoms with E-state index in [1.54, 1.807) is 0 Å². The minimum Gasteiger partial charge on any atom is -0.547 e. The number of fused-ring (bicyclic) bond motifs is 4. The van der Waals surface area contributed by atoms with Crippen molar-refractivity contribution < 1.29 is 69.0 Å². The quantitative estimate of drug-likeness (QED) is 0.296. The monoisotopic (exact) mass is 470 g/mol. The maximum absolute atomic E-state index is 12.5. The van der Waals surface area contributed by atoms with Crippen LogP contribution in [0.1, 0.15) is 58.3 Å². The van der Waals surface area contributed by atoms with Crippen molar-refractivity contribution >= 4 is 11.8 Å². The minimum atomic E-state index is -1.78. The van der Waals surface area contributed by atoms with Crippen LogP contribution in [0.2, 0.25) is 0 Å². The van der Waals surface area contributed by atoms with Crippen LogP contribution < -0.4 is 34.7 Å². The zero-order valence-electron chi connectivity index (χ0n) is 19.2. The van der Waals surface area contributed by atoms with Crippen LogP contribution in [0.5, 0.6) is 0 Å². The van der Waals surface area contributed by atoms with Crippen LogP contribution in [0, 0.1) is 17.3 Å². The smallest absolute Gasteiger partial charge is 0.547 e. The molecule has 0 aromatic heterocycles. The molecule has 0 spiro atoms.